The smallest absolute Gasteiger partial charge is 0.352 e. The Hall–Kier alpha value is -0.750. The number of hydrogen-bond donors (Lipinski definition) is 2. The van der Waals surface area contributed by atoms with E-state index in [0.29, 0.717) is 19.3 Å². The zero-order chi connectivity index (χ0) is 15.3. The average molecular weight is 303 g/mol. The van der Waals surface area contributed by atoms with Gasteiger partial charge in [-0.15, -0.1) is 0 Å². The van der Waals surface area contributed by atoms with E-state index < -0.39 is 23.0 Å². The summed E-state index contributed by atoms with van der Waals surface area (Å²) in [6.45, 7) is 0.332. The van der Waals surface area contributed by atoms with Gasteiger partial charge in [0, 0.05) is 19.0 Å². The van der Waals surface area contributed by atoms with E-state index in [2.05, 4.69) is 0 Å². The molecule has 4 nitrogen and oxygen atoms in total. The van der Waals surface area contributed by atoms with Crippen LogP contribution in [0.15, 0.2) is 0 Å². The number of aliphatic hydroxyl groups is 2. The van der Waals surface area contributed by atoms with Gasteiger partial charge in [0.2, 0.25) is 0 Å². The van der Waals surface area contributed by atoms with Gasteiger partial charge in [0.15, 0.2) is 0 Å². The van der Waals surface area contributed by atoms with Crippen molar-refractivity contribution in [3.8, 4) is 0 Å². The van der Waals surface area contributed by atoms with E-state index in [1.807, 2.05) is 0 Å². The number of piperidine rings is 1. The second kappa shape index (κ2) is 4.88. The third-order valence-electron chi connectivity index (χ3n) is 5.75. The van der Waals surface area contributed by atoms with Crippen molar-refractivity contribution in [2.45, 2.75) is 68.5 Å². The predicted molar refractivity (Wildman–Crippen MR) is 71.9 cm³/mol. The van der Waals surface area contributed by atoms with Crippen molar-refractivity contribution < 1.29 is 23.8 Å². The second-order valence-corrected chi connectivity index (χ2v) is 7.01. The summed E-state index contributed by atoms with van der Waals surface area (Å²) in [4.78, 5) is 13.3. The highest BCUT2D eigenvalue weighted by atomic mass is 19.3. The summed E-state index contributed by atoms with van der Waals surface area (Å²) in [5.74, 6) is -5.09. The lowest BCUT2D eigenvalue weighted by atomic mass is 9.70. The fourth-order valence-electron chi connectivity index (χ4n) is 3.98. The molecule has 0 aromatic carbocycles. The molecular weight excluding hydrogens is 280 g/mol. The molecule has 2 saturated carbocycles. The molecule has 0 aromatic heterocycles. The maximum atomic E-state index is 14.2. The van der Waals surface area contributed by atoms with Crippen LogP contribution in [0.3, 0.4) is 0 Å². The highest BCUT2D eigenvalue weighted by molar-refractivity contribution is 5.85. The number of nitrogens with zero attached hydrogens (tertiary/aromatic N) is 1. The van der Waals surface area contributed by atoms with Gasteiger partial charge in [0.25, 0.3) is 5.91 Å². The monoisotopic (exact) mass is 303 g/mol. The molecule has 120 valence electrons. The van der Waals surface area contributed by atoms with Crippen molar-refractivity contribution in [2.75, 3.05) is 13.1 Å². The molecule has 2 unspecified atom stereocenters. The van der Waals surface area contributed by atoms with Crippen LogP contribution in [0, 0.1) is 5.92 Å². The van der Waals surface area contributed by atoms with Gasteiger partial charge in [-0.3, -0.25) is 4.79 Å². The maximum Gasteiger partial charge on any atom is 0.352 e. The van der Waals surface area contributed by atoms with Crippen molar-refractivity contribution in [1.82, 2.24) is 4.90 Å². The molecule has 0 spiro atoms. The quantitative estimate of drug-likeness (QED) is 0.816. The molecule has 2 atom stereocenters. The van der Waals surface area contributed by atoms with E-state index >= 15 is 0 Å². The summed E-state index contributed by atoms with van der Waals surface area (Å²) >= 11 is 0. The SMILES string of the molecule is O=C(N1CCC2(O)CCCCC2C1)C(F)(F)C1(O)CCC1. The molecule has 0 aromatic rings. The first-order chi connectivity index (χ1) is 9.79. The summed E-state index contributed by atoms with van der Waals surface area (Å²) in [7, 11) is 0. The maximum absolute atomic E-state index is 14.2. The average Bonchev–Trinajstić information content (AvgIpc) is 2.42. The molecule has 1 amide bonds. The molecule has 1 saturated heterocycles. The number of rotatable bonds is 2. The number of fused-ring (bicyclic) bond motifs is 1. The van der Waals surface area contributed by atoms with Crippen molar-refractivity contribution in [2.24, 2.45) is 5.92 Å². The van der Waals surface area contributed by atoms with Gasteiger partial charge < -0.3 is 15.1 Å². The van der Waals surface area contributed by atoms with E-state index in [1.165, 1.54) is 0 Å². The number of carbonyl (C=O) groups excluding carboxylic acids is 1. The van der Waals surface area contributed by atoms with Crippen LogP contribution < -0.4 is 0 Å². The van der Waals surface area contributed by atoms with Crippen LogP contribution in [-0.4, -0.2) is 51.2 Å². The Morgan fingerprint density at radius 2 is 1.81 bits per heavy atom. The van der Waals surface area contributed by atoms with E-state index in [1.54, 1.807) is 0 Å². The standard InChI is InChI=1S/C15H23F2NO3/c16-15(17,14(21)6-3-7-14)12(19)18-9-8-13(20)5-2-1-4-11(13)10-18/h11,20-21H,1-10H2. The van der Waals surface area contributed by atoms with Gasteiger partial charge in [0.05, 0.1) is 5.60 Å². The van der Waals surface area contributed by atoms with Crippen LogP contribution >= 0.6 is 0 Å². The largest absolute Gasteiger partial charge is 0.389 e. The minimum atomic E-state index is -3.71. The zero-order valence-corrected chi connectivity index (χ0v) is 12.2. The van der Waals surface area contributed by atoms with Crippen molar-refractivity contribution in [3.63, 3.8) is 0 Å². The number of hydrogen-bond acceptors (Lipinski definition) is 3. The second-order valence-electron chi connectivity index (χ2n) is 7.01. The Kier molecular flexibility index (Phi) is 3.52. The molecular formula is C15H23F2NO3. The Morgan fingerprint density at radius 1 is 1.10 bits per heavy atom. The first-order valence-electron chi connectivity index (χ1n) is 7.90. The highest BCUT2D eigenvalue weighted by Gasteiger charge is 2.63. The minimum Gasteiger partial charge on any atom is -0.389 e. The summed E-state index contributed by atoms with van der Waals surface area (Å²) in [5, 5.41) is 20.4. The fraction of sp³-hybridized carbons (Fsp3) is 0.933. The van der Waals surface area contributed by atoms with Crippen LogP contribution in [-0.2, 0) is 4.79 Å². The highest BCUT2D eigenvalue weighted by Crippen LogP contribution is 2.46. The Bertz CT molecular complexity index is 439. The molecule has 3 rings (SSSR count). The Morgan fingerprint density at radius 3 is 2.43 bits per heavy atom. The molecule has 6 heteroatoms. The third kappa shape index (κ3) is 2.27. The van der Waals surface area contributed by atoms with E-state index in [0.717, 1.165) is 24.2 Å². The van der Waals surface area contributed by atoms with Crippen molar-refractivity contribution >= 4 is 5.91 Å². The molecule has 3 fully saturated rings. The molecule has 2 N–H and O–H groups in total. The molecule has 0 bridgehead atoms. The lowest BCUT2D eigenvalue weighted by Gasteiger charge is -2.49. The minimum absolute atomic E-state index is 0.0209. The predicted octanol–water partition coefficient (Wildman–Crippen LogP) is 1.69. The number of halogens is 2. The number of amides is 1. The van der Waals surface area contributed by atoms with Gasteiger partial charge in [-0.05, 0) is 38.5 Å². The van der Waals surface area contributed by atoms with Gasteiger partial charge >= 0.3 is 5.92 Å². The van der Waals surface area contributed by atoms with Crippen LogP contribution in [0.1, 0.15) is 51.4 Å². The Labute approximate surface area is 123 Å². The van der Waals surface area contributed by atoms with Gasteiger partial charge in [-0.25, -0.2) is 0 Å². The molecule has 1 aliphatic heterocycles. The summed E-state index contributed by atoms with van der Waals surface area (Å²) in [5.41, 5.74) is -2.96. The third-order valence-corrected chi connectivity index (χ3v) is 5.75. The topological polar surface area (TPSA) is 60.8 Å². The molecule has 2 aliphatic carbocycles. The summed E-state index contributed by atoms with van der Waals surface area (Å²) < 4.78 is 28.5. The molecule has 3 aliphatic rings. The zero-order valence-electron chi connectivity index (χ0n) is 12.2. The van der Waals surface area contributed by atoms with Crippen LogP contribution in [0.25, 0.3) is 0 Å². The van der Waals surface area contributed by atoms with E-state index in [4.69, 9.17) is 0 Å². The lowest BCUT2D eigenvalue weighted by Crippen LogP contribution is -2.64. The van der Waals surface area contributed by atoms with E-state index in [9.17, 15) is 23.8 Å². The lowest BCUT2D eigenvalue weighted by molar-refractivity contribution is -0.227. The first-order valence-corrected chi connectivity index (χ1v) is 7.90. The molecule has 1 heterocycles. The van der Waals surface area contributed by atoms with Crippen molar-refractivity contribution in [1.29, 1.82) is 0 Å². The fourth-order valence-corrected chi connectivity index (χ4v) is 3.98. The number of alkyl halides is 2. The van der Waals surface area contributed by atoms with Crippen LogP contribution in [0.2, 0.25) is 0 Å². The van der Waals surface area contributed by atoms with E-state index in [-0.39, 0.29) is 31.8 Å². The van der Waals surface area contributed by atoms with Gasteiger partial charge in [-0.1, -0.05) is 12.8 Å². The van der Waals surface area contributed by atoms with Crippen LogP contribution in [0.4, 0.5) is 8.78 Å². The normalized spacial score (nSPS) is 35.8. The van der Waals surface area contributed by atoms with Gasteiger partial charge in [-0.2, -0.15) is 8.78 Å². The molecule has 21 heavy (non-hydrogen) atoms. The molecule has 0 radical (unpaired) electrons. The van der Waals surface area contributed by atoms with Crippen LogP contribution in [0.5, 0.6) is 0 Å². The number of likely N-dealkylation sites (tertiary alicyclic amines) is 1. The van der Waals surface area contributed by atoms with Gasteiger partial charge in [0.1, 0.15) is 5.60 Å². The van der Waals surface area contributed by atoms with Crippen molar-refractivity contribution in [3.05, 3.63) is 0 Å². The summed E-state index contributed by atoms with van der Waals surface area (Å²) in [6, 6.07) is 0. The Balaban J connectivity index is 1.71. The first kappa shape index (κ1) is 15.2. The summed E-state index contributed by atoms with van der Waals surface area (Å²) in [6.07, 6.45) is 4.24. The number of carbonyl (C=O) groups is 1.